The van der Waals surface area contributed by atoms with Crippen LogP contribution in [0.1, 0.15) is 30.0 Å². The number of alkyl halides is 3. The van der Waals surface area contributed by atoms with Crippen molar-refractivity contribution in [3.8, 4) is 33.6 Å². The topological polar surface area (TPSA) is 77.6 Å². The molecule has 0 saturated heterocycles. The molecule has 8 heteroatoms. The zero-order chi connectivity index (χ0) is 22.3. The van der Waals surface area contributed by atoms with Crippen LogP contribution in [0.2, 0.25) is 0 Å². The number of pyridine rings is 2. The predicted octanol–water partition coefficient (Wildman–Crippen LogP) is 5.75. The Morgan fingerprint density at radius 3 is 2.09 bits per heavy atom. The van der Waals surface area contributed by atoms with Crippen LogP contribution < -0.4 is 5.73 Å². The average Bonchev–Trinajstić information content (AvgIpc) is 3.65. The lowest BCUT2D eigenvalue weighted by atomic mass is 9.99. The maximum Gasteiger partial charge on any atom is 0.416 e. The largest absolute Gasteiger partial charge is 0.416 e. The van der Waals surface area contributed by atoms with Gasteiger partial charge in [0.15, 0.2) is 0 Å². The normalized spacial score (nSPS) is 13.8. The van der Waals surface area contributed by atoms with E-state index < -0.39 is 11.7 Å². The van der Waals surface area contributed by atoms with E-state index in [2.05, 4.69) is 15.0 Å². The second-order valence-electron chi connectivity index (χ2n) is 7.78. The van der Waals surface area contributed by atoms with E-state index in [-0.39, 0.29) is 5.95 Å². The van der Waals surface area contributed by atoms with Crippen LogP contribution in [-0.4, -0.2) is 19.9 Å². The van der Waals surface area contributed by atoms with E-state index in [0.29, 0.717) is 17.2 Å². The van der Waals surface area contributed by atoms with Crippen LogP contribution in [0.5, 0.6) is 0 Å². The summed E-state index contributed by atoms with van der Waals surface area (Å²) in [4.78, 5) is 17.3. The highest BCUT2D eigenvalue weighted by molar-refractivity contribution is 5.73. The minimum Gasteiger partial charge on any atom is -0.368 e. The first-order valence-electron chi connectivity index (χ1n) is 10.1. The number of hydrogen-bond acceptors (Lipinski definition) is 5. The second-order valence-corrected chi connectivity index (χ2v) is 7.78. The first-order valence-corrected chi connectivity index (χ1v) is 10.1. The summed E-state index contributed by atoms with van der Waals surface area (Å²) < 4.78 is 38.9. The Balaban J connectivity index is 1.56. The van der Waals surface area contributed by atoms with Crippen LogP contribution in [0.25, 0.3) is 33.6 Å². The zero-order valence-corrected chi connectivity index (χ0v) is 16.8. The second kappa shape index (κ2) is 7.71. The molecule has 2 N–H and O–H groups in total. The van der Waals surface area contributed by atoms with Crippen molar-refractivity contribution >= 4 is 5.95 Å². The quantitative estimate of drug-likeness (QED) is 0.444. The van der Waals surface area contributed by atoms with Crippen molar-refractivity contribution in [2.45, 2.75) is 24.9 Å². The summed E-state index contributed by atoms with van der Waals surface area (Å²) in [6.07, 6.45) is 2.66. The fourth-order valence-electron chi connectivity index (χ4n) is 3.52. The lowest BCUT2D eigenvalue weighted by Gasteiger charge is -2.11. The molecule has 0 amide bonds. The molecule has 1 aliphatic carbocycles. The number of aromatic nitrogens is 4. The van der Waals surface area contributed by atoms with Crippen LogP contribution in [0.15, 0.2) is 67.1 Å². The fourth-order valence-corrected chi connectivity index (χ4v) is 3.52. The highest BCUT2D eigenvalue weighted by Gasteiger charge is 2.30. The van der Waals surface area contributed by atoms with Gasteiger partial charge in [-0.25, -0.2) is 9.97 Å². The van der Waals surface area contributed by atoms with Crippen LogP contribution in [0.3, 0.4) is 0 Å². The van der Waals surface area contributed by atoms with Gasteiger partial charge in [-0.1, -0.05) is 12.1 Å². The molecule has 32 heavy (non-hydrogen) atoms. The van der Waals surface area contributed by atoms with Crippen molar-refractivity contribution in [2.24, 2.45) is 0 Å². The van der Waals surface area contributed by atoms with E-state index >= 15 is 0 Å². The van der Waals surface area contributed by atoms with Crippen LogP contribution in [0.4, 0.5) is 19.1 Å². The number of nitrogen functional groups attached to an aromatic ring is 1. The molecule has 1 fully saturated rings. The summed E-state index contributed by atoms with van der Waals surface area (Å²) in [5.41, 5.74) is 10.4. The Kier molecular flexibility index (Phi) is 4.84. The van der Waals surface area contributed by atoms with Crippen molar-refractivity contribution < 1.29 is 13.2 Å². The van der Waals surface area contributed by atoms with Crippen LogP contribution >= 0.6 is 0 Å². The number of halogens is 3. The van der Waals surface area contributed by atoms with Crippen molar-refractivity contribution in [1.82, 2.24) is 19.9 Å². The number of nitrogens with zero attached hydrogens (tertiary/aromatic N) is 4. The van der Waals surface area contributed by atoms with E-state index in [1.54, 1.807) is 18.6 Å². The highest BCUT2D eigenvalue weighted by Crippen LogP contribution is 2.41. The molecule has 3 heterocycles. The maximum atomic E-state index is 13.0. The Morgan fingerprint density at radius 1 is 0.750 bits per heavy atom. The summed E-state index contributed by atoms with van der Waals surface area (Å²) in [5, 5.41) is 0. The van der Waals surface area contributed by atoms with Gasteiger partial charge in [-0.2, -0.15) is 13.2 Å². The van der Waals surface area contributed by atoms with E-state index in [1.807, 2.05) is 24.3 Å². The minimum atomic E-state index is -4.36. The average molecular weight is 433 g/mol. The molecule has 0 spiro atoms. The van der Waals surface area contributed by atoms with E-state index in [9.17, 15) is 13.2 Å². The van der Waals surface area contributed by atoms with Gasteiger partial charge >= 0.3 is 6.18 Å². The number of hydrogen-bond donors (Lipinski definition) is 1. The van der Waals surface area contributed by atoms with Gasteiger partial charge in [0.1, 0.15) is 0 Å². The Morgan fingerprint density at radius 2 is 1.44 bits per heavy atom. The number of benzene rings is 1. The first-order chi connectivity index (χ1) is 15.4. The standard InChI is InChI=1S/C24H18F3N5/c25-24(26,27)19-5-3-14(4-6-19)17-10-21(15-1-2-15)32-22(11-17)16-7-8-29-20(9-16)18-12-30-23(28)31-13-18/h3-13,15H,1-2H2,(H2,28,30,31). The predicted molar refractivity (Wildman–Crippen MR) is 115 cm³/mol. The van der Waals surface area contributed by atoms with Crippen LogP contribution in [0, 0.1) is 0 Å². The minimum absolute atomic E-state index is 0.185. The summed E-state index contributed by atoms with van der Waals surface area (Å²) in [6.45, 7) is 0. The van der Waals surface area contributed by atoms with Crippen LogP contribution in [-0.2, 0) is 6.18 Å². The van der Waals surface area contributed by atoms with Gasteiger partial charge in [0, 0.05) is 41.3 Å². The first kappa shape index (κ1) is 20.1. The maximum absolute atomic E-state index is 13.0. The number of nitrogens with two attached hydrogens (primary N) is 1. The SMILES string of the molecule is Nc1ncc(-c2cc(-c3cc(-c4ccc(C(F)(F)F)cc4)cc(C4CC4)n3)ccn2)cn1. The van der Waals surface area contributed by atoms with E-state index in [4.69, 9.17) is 10.7 Å². The lowest BCUT2D eigenvalue weighted by Crippen LogP contribution is -2.04. The lowest BCUT2D eigenvalue weighted by molar-refractivity contribution is -0.137. The molecule has 5 rings (SSSR count). The summed E-state index contributed by atoms with van der Waals surface area (Å²) in [6, 6.07) is 12.8. The summed E-state index contributed by atoms with van der Waals surface area (Å²) in [5.74, 6) is 0.569. The van der Waals surface area contributed by atoms with E-state index in [1.165, 1.54) is 12.1 Å². The van der Waals surface area contributed by atoms with E-state index in [0.717, 1.165) is 53.1 Å². The molecule has 160 valence electrons. The zero-order valence-electron chi connectivity index (χ0n) is 16.8. The van der Waals surface area contributed by atoms with Gasteiger partial charge in [0.05, 0.1) is 17.0 Å². The molecule has 5 nitrogen and oxygen atoms in total. The molecule has 1 aliphatic rings. The molecule has 0 unspecified atom stereocenters. The van der Waals surface area contributed by atoms with Crippen molar-refractivity contribution in [3.63, 3.8) is 0 Å². The summed E-state index contributed by atoms with van der Waals surface area (Å²) >= 11 is 0. The fraction of sp³-hybridized carbons (Fsp3) is 0.167. The molecule has 0 aliphatic heterocycles. The molecule has 4 aromatic rings. The van der Waals surface area contributed by atoms with Gasteiger partial charge in [-0.15, -0.1) is 0 Å². The smallest absolute Gasteiger partial charge is 0.368 e. The highest BCUT2D eigenvalue weighted by atomic mass is 19.4. The molecule has 1 aromatic carbocycles. The third kappa shape index (κ3) is 4.16. The molecule has 0 bridgehead atoms. The molecule has 3 aromatic heterocycles. The molecular weight excluding hydrogens is 415 g/mol. The molecule has 0 radical (unpaired) electrons. The molecular formula is C24H18F3N5. The van der Waals surface area contributed by atoms with Crippen molar-refractivity contribution in [1.29, 1.82) is 0 Å². The van der Waals surface area contributed by atoms with Crippen molar-refractivity contribution in [2.75, 3.05) is 5.73 Å². The van der Waals surface area contributed by atoms with Gasteiger partial charge < -0.3 is 5.73 Å². The van der Waals surface area contributed by atoms with Gasteiger partial charge in [-0.05, 0) is 60.4 Å². The number of anilines is 1. The third-order valence-corrected chi connectivity index (χ3v) is 5.41. The Bertz CT molecular complexity index is 1260. The molecule has 1 saturated carbocycles. The summed E-state index contributed by atoms with van der Waals surface area (Å²) in [7, 11) is 0. The number of rotatable bonds is 4. The third-order valence-electron chi connectivity index (χ3n) is 5.41. The van der Waals surface area contributed by atoms with Gasteiger partial charge in [0.2, 0.25) is 5.95 Å². The molecule has 0 atom stereocenters. The monoisotopic (exact) mass is 433 g/mol. The van der Waals surface area contributed by atoms with Gasteiger partial charge in [0.25, 0.3) is 0 Å². The van der Waals surface area contributed by atoms with Gasteiger partial charge in [-0.3, -0.25) is 9.97 Å². The Labute approximate surface area is 182 Å². The van der Waals surface area contributed by atoms with Crippen molar-refractivity contribution in [3.05, 3.63) is 78.4 Å². The Hall–Kier alpha value is -3.81.